The molecule has 0 aliphatic heterocycles. The molecule has 0 amide bonds. The van der Waals surface area contributed by atoms with Gasteiger partial charge in [-0.3, -0.25) is 4.79 Å². The van der Waals surface area contributed by atoms with Gasteiger partial charge >= 0.3 is 5.97 Å². The van der Waals surface area contributed by atoms with Crippen molar-refractivity contribution < 1.29 is 9.90 Å². The second-order valence-electron chi connectivity index (χ2n) is 4.37. The molecule has 1 heterocycles. The normalized spacial score (nSPS) is 12.8. The van der Waals surface area contributed by atoms with Gasteiger partial charge in [0.2, 0.25) is 0 Å². The molecule has 0 saturated carbocycles. The number of hydrogen-bond donors (Lipinski definition) is 2. The number of benzene rings is 1. The van der Waals surface area contributed by atoms with Crippen molar-refractivity contribution in [3.63, 3.8) is 0 Å². The number of para-hydroxylation sites is 1. The third kappa shape index (κ3) is 2.47. The summed E-state index contributed by atoms with van der Waals surface area (Å²) in [5, 5.41) is 9.96. The van der Waals surface area contributed by atoms with Crippen LogP contribution in [-0.2, 0) is 17.8 Å². The van der Waals surface area contributed by atoms with Crippen LogP contribution in [0.25, 0.3) is 10.9 Å². The zero-order valence-electron chi connectivity index (χ0n) is 9.76. The molecule has 0 aliphatic carbocycles. The SMILES string of the molecule is C[C@H](N)Cc1cn(CC(=O)O)c2ccccc12. The molecule has 90 valence electrons. The maximum atomic E-state index is 10.8. The van der Waals surface area contributed by atoms with E-state index < -0.39 is 5.97 Å². The Hall–Kier alpha value is -1.81. The molecule has 0 radical (unpaired) electrons. The third-order valence-corrected chi connectivity index (χ3v) is 2.72. The van der Waals surface area contributed by atoms with Crippen LogP contribution in [0.2, 0.25) is 0 Å². The molecule has 0 saturated heterocycles. The van der Waals surface area contributed by atoms with Gasteiger partial charge < -0.3 is 15.4 Å². The summed E-state index contributed by atoms with van der Waals surface area (Å²) in [6.45, 7) is 1.93. The first-order valence-electron chi connectivity index (χ1n) is 5.62. The first-order valence-corrected chi connectivity index (χ1v) is 5.62. The lowest BCUT2D eigenvalue weighted by molar-refractivity contribution is -0.137. The molecule has 4 heteroatoms. The van der Waals surface area contributed by atoms with Crippen LogP contribution in [0.3, 0.4) is 0 Å². The molecular weight excluding hydrogens is 216 g/mol. The van der Waals surface area contributed by atoms with Gasteiger partial charge in [-0.2, -0.15) is 0 Å². The Morgan fingerprint density at radius 1 is 1.47 bits per heavy atom. The zero-order valence-corrected chi connectivity index (χ0v) is 9.76. The monoisotopic (exact) mass is 232 g/mol. The van der Waals surface area contributed by atoms with E-state index in [2.05, 4.69) is 0 Å². The number of nitrogens with two attached hydrogens (primary N) is 1. The van der Waals surface area contributed by atoms with E-state index >= 15 is 0 Å². The largest absolute Gasteiger partial charge is 0.480 e. The number of nitrogens with zero attached hydrogens (tertiary/aromatic N) is 1. The highest BCUT2D eigenvalue weighted by atomic mass is 16.4. The standard InChI is InChI=1S/C13H16N2O2/c1-9(14)6-10-7-15(8-13(16)17)12-5-3-2-4-11(10)12/h2-5,7,9H,6,8,14H2,1H3,(H,16,17)/t9-/m0/s1. The van der Waals surface area contributed by atoms with E-state index in [1.807, 2.05) is 37.4 Å². The summed E-state index contributed by atoms with van der Waals surface area (Å²) >= 11 is 0. The summed E-state index contributed by atoms with van der Waals surface area (Å²) in [6, 6.07) is 7.88. The molecule has 0 spiro atoms. The van der Waals surface area contributed by atoms with Crippen molar-refractivity contribution in [1.82, 2.24) is 4.57 Å². The number of carboxylic acids is 1. The fourth-order valence-corrected chi connectivity index (χ4v) is 2.11. The maximum Gasteiger partial charge on any atom is 0.323 e. The van der Waals surface area contributed by atoms with E-state index in [1.165, 1.54) is 0 Å². The molecular formula is C13H16N2O2. The summed E-state index contributed by atoms with van der Waals surface area (Å²) in [5.41, 5.74) is 7.86. The van der Waals surface area contributed by atoms with Crippen molar-refractivity contribution in [2.75, 3.05) is 0 Å². The second-order valence-corrected chi connectivity index (χ2v) is 4.37. The van der Waals surface area contributed by atoms with Crippen LogP contribution in [0.5, 0.6) is 0 Å². The van der Waals surface area contributed by atoms with Crippen LogP contribution in [0.15, 0.2) is 30.5 Å². The van der Waals surface area contributed by atoms with Crippen LogP contribution >= 0.6 is 0 Å². The molecule has 1 atom stereocenters. The van der Waals surface area contributed by atoms with Crippen molar-refractivity contribution in [2.24, 2.45) is 5.73 Å². The average Bonchev–Trinajstić information content (AvgIpc) is 2.56. The third-order valence-electron chi connectivity index (χ3n) is 2.72. The average molecular weight is 232 g/mol. The number of aromatic nitrogens is 1. The Kier molecular flexibility index (Phi) is 3.15. The van der Waals surface area contributed by atoms with Gasteiger partial charge in [-0.25, -0.2) is 0 Å². The van der Waals surface area contributed by atoms with E-state index in [9.17, 15) is 4.79 Å². The number of carboxylic acid groups (broad SMARTS) is 1. The summed E-state index contributed by atoms with van der Waals surface area (Å²) in [7, 11) is 0. The molecule has 2 rings (SSSR count). The van der Waals surface area contributed by atoms with Gasteiger partial charge in [-0.05, 0) is 25.0 Å². The highest BCUT2D eigenvalue weighted by Crippen LogP contribution is 2.22. The second kappa shape index (κ2) is 4.59. The molecule has 17 heavy (non-hydrogen) atoms. The highest BCUT2D eigenvalue weighted by molar-refractivity contribution is 5.85. The predicted molar refractivity (Wildman–Crippen MR) is 66.9 cm³/mol. The lowest BCUT2D eigenvalue weighted by atomic mass is 10.1. The smallest absolute Gasteiger partial charge is 0.323 e. The van der Waals surface area contributed by atoms with Gasteiger partial charge in [0.25, 0.3) is 0 Å². The lowest BCUT2D eigenvalue weighted by Crippen LogP contribution is -2.17. The number of aliphatic carboxylic acids is 1. The summed E-state index contributed by atoms with van der Waals surface area (Å²) in [6.07, 6.45) is 2.65. The Morgan fingerprint density at radius 3 is 2.82 bits per heavy atom. The minimum Gasteiger partial charge on any atom is -0.480 e. The van der Waals surface area contributed by atoms with E-state index in [4.69, 9.17) is 10.8 Å². The molecule has 0 bridgehead atoms. The zero-order chi connectivity index (χ0) is 12.4. The molecule has 0 fully saturated rings. The molecule has 2 aromatic rings. The lowest BCUT2D eigenvalue weighted by Gasteiger charge is -2.02. The first kappa shape index (κ1) is 11.7. The number of rotatable bonds is 4. The van der Waals surface area contributed by atoms with Crippen molar-refractivity contribution in [3.05, 3.63) is 36.0 Å². The molecule has 0 aliphatic rings. The Morgan fingerprint density at radius 2 is 2.18 bits per heavy atom. The summed E-state index contributed by atoms with van der Waals surface area (Å²) < 4.78 is 1.76. The molecule has 0 unspecified atom stereocenters. The van der Waals surface area contributed by atoms with Crippen LogP contribution < -0.4 is 5.73 Å². The van der Waals surface area contributed by atoms with Crippen LogP contribution in [0.4, 0.5) is 0 Å². The van der Waals surface area contributed by atoms with Crippen molar-refractivity contribution in [3.8, 4) is 0 Å². The molecule has 3 N–H and O–H groups in total. The van der Waals surface area contributed by atoms with Crippen molar-refractivity contribution in [1.29, 1.82) is 0 Å². The van der Waals surface area contributed by atoms with E-state index in [-0.39, 0.29) is 12.6 Å². The maximum absolute atomic E-state index is 10.8. The summed E-state index contributed by atoms with van der Waals surface area (Å²) in [5.74, 6) is -0.835. The number of hydrogen-bond acceptors (Lipinski definition) is 2. The fourth-order valence-electron chi connectivity index (χ4n) is 2.11. The first-order chi connectivity index (χ1) is 8.08. The summed E-state index contributed by atoms with van der Waals surface area (Å²) in [4.78, 5) is 10.8. The minimum atomic E-state index is -0.835. The number of fused-ring (bicyclic) bond motifs is 1. The Labute approximate surface area is 99.7 Å². The van der Waals surface area contributed by atoms with Gasteiger partial charge in [-0.1, -0.05) is 18.2 Å². The van der Waals surface area contributed by atoms with Gasteiger partial charge in [-0.15, -0.1) is 0 Å². The van der Waals surface area contributed by atoms with E-state index in [1.54, 1.807) is 4.57 Å². The predicted octanol–water partition coefficient (Wildman–Crippen LogP) is 1.62. The van der Waals surface area contributed by atoms with Crippen LogP contribution in [0.1, 0.15) is 12.5 Å². The Bertz CT molecular complexity index is 543. The highest BCUT2D eigenvalue weighted by Gasteiger charge is 2.10. The topological polar surface area (TPSA) is 68.2 Å². The molecule has 4 nitrogen and oxygen atoms in total. The molecule has 1 aromatic carbocycles. The quantitative estimate of drug-likeness (QED) is 0.841. The van der Waals surface area contributed by atoms with E-state index in [0.29, 0.717) is 0 Å². The van der Waals surface area contributed by atoms with Crippen LogP contribution in [-0.4, -0.2) is 21.7 Å². The van der Waals surface area contributed by atoms with Crippen LogP contribution in [0, 0.1) is 0 Å². The Balaban J connectivity index is 2.50. The van der Waals surface area contributed by atoms with Gasteiger partial charge in [0, 0.05) is 23.1 Å². The van der Waals surface area contributed by atoms with Gasteiger partial charge in [0.05, 0.1) is 0 Å². The fraction of sp³-hybridized carbons (Fsp3) is 0.308. The molecule has 1 aromatic heterocycles. The van der Waals surface area contributed by atoms with Crippen molar-refractivity contribution in [2.45, 2.75) is 25.9 Å². The van der Waals surface area contributed by atoms with Crippen molar-refractivity contribution >= 4 is 16.9 Å². The van der Waals surface area contributed by atoms with Gasteiger partial charge in [0.1, 0.15) is 6.54 Å². The van der Waals surface area contributed by atoms with Gasteiger partial charge in [0.15, 0.2) is 0 Å². The minimum absolute atomic E-state index is 0.0144. The number of carbonyl (C=O) groups is 1. The van der Waals surface area contributed by atoms with E-state index in [0.717, 1.165) is 22.9 Å².